The van der Waals surface area contributed by atoms with Crippen LogP contribution in [0.5, 0.6) is 5.75 Å². The molecule has 0 atom stereocenters. The molecule has 0 fully saturated rings. The molecule has 2 N–H and O–H groups in total. The fourth-order valence-electron chi connectivity index (χ4n) is 2.34. The molecule has 20 heavy (non-hydrogen) atoms. The van der Waals surface area contributed by atoms with Gasteiger partial charge in [0.25, 0.3) is 0 Å². The summed E-state index contributed by atoms with van der Waals surface area (Å²) < 4.78 is 7.08. The first-order valence-corrected chi connectivity index (χ1v) is 6.72. The van der Waals surface area contributed by atoms with Crippen LogP contribution in [0.2, 0.25) is 0 Å². The van der Waals surface area contributed by atoms with Crippen molar-refractivity contribution >= 4 is 5.69 Å². The van der Waals surface area contributed by atoms with Crippen molar-refractivity contribution in [3.63, 3.8) is 0 Å². The van der Waals surface area contributed by atoms with Crippen molar-refractivity contribution in [3.05, 3.63) is 18.2 Å². The normalized spacial score (nSPS) is 11.6. The van der Waals surface area contributed by atoms with Gasteiger partial charge in [-0.1, -0.05) is 13.3 Å². The number of ether oxygens (including phenoxy) is 1. The van der Waals surface area contributed by atoms with Crippen molar-refractivity contribution in [2.24, 2.45) is 0 Å². The number of nitrogens with two attached hydrogens (primary N) is 1. The number of methoxy groups -OCH3 is 1. The van der Waals surface area contributed by atoms with Gasteiger partial charge in [-0.3, -0.25) is 0 Å². The van der Waals surface area contributed by atoms with Crippen LogP contribution in [0.1, 0.15) is 33.6 Å². The number of hydrogen-bond acceptors (Lipinski definition) is 5. The zero-order chi connectivity index (χ0) is 14.8. The molecule has 1 aromatic carbocycles. The van der Waals surface area contributed by atoms with E-state index in [9.17, 15) is 0 Å². The molecule has 1 aromatic heterocycles. The monoisotopic (exact) mass is 275 g/mol. The summed E-state index contributed by atoms with van der Waals surface area (Å²) in [5, 5.41) is 12.1. The van der Waals surface area contributed by atoms with E-state index < -0.39 is 0 Å². The average Bonchev–Trinajstić information content (AvgIpc) is 2.89. The number of tetrazole rings is 1. The fraction of sp³-hybridized carbons (Fsp3) is 0.500. The highest BCUT2D eigenvalue weighted by molar-refractivity contribution is 5.73. The van der Waals surface area contributed by atoms with Crippen LogP contribution in [0.4, 0.5) is 5.69 Å². The smallest absolute Gasteiger partial charge is 0.184 e. The summed E-state index contributed by atoms with van der Waals surface area (Å²) in [7, 11) is 1.62. The highest BCUT2D eigenvalue weighted by Gasteiger charge is 2.26. The molecule has 0 saturated carbocycles. The van der Waals surface area contributed by atoms with Gasteiger partial charge in [0.05, 0.1) is 12.6 Å². The van der Waals surface area contributed by atoms with Crippen molar-refractivity contribution in [1.82, 2.24) is 20.2 Å². The molecule has 0 bridgehead atoms. The second-order valence-electron chi connectivity index (χ2n) is 5.43. The summed E-state index contributed by atoms with van der Waals surface area (Å²) in [6.07, 6.45) is 2.04. The molecule has 0 aliphatic rings. The number of benzene rings is 1. The van der Waals surface area contributed by atoms with E-state index >= 15 is 0 Å². The Morgan fingerprint density at radius 1 is 1.35 bits per heavy atom. The Labute approximate surface area is 118 Å². The van der Waals surface area contributed by atoms with E-state index in [0.717, 1.165) is 24.2 Å². The zero-order valence-electron chi connectivity index (χ0n) is 12.4. The molecule has 2 aromatic rings. The number of aromatic nitrogens is 4. The summed E-state index contributed by atoms with van der Waals surface area (Å²) in [4.78, 5) is 0. The van der Waals surface area contributed by atoms with Gasteiger partial charge in [-0.2, -0.15) is 0 Å². The Hall–Kier alpha value is -2.11. The van der Waals surface area contributed by atoms with Crippen LogP contribution in [-0.2, 0) is 5.54 Å². The maximum absolute atomic E-state index is 6.06. The lowest BCUT2D eigenvalue weighted by Crippen LogP contribution is -2.28. The Morgan fingerprint density at radius 2 is 2.10 bits per heavy atom. The Morgan fingerprint density at radius 3 is 2.75 bits per heavy atom. The molecule has 0 amide bonds. The van der Waals surface area contributed by atoms with Gasteiger partial charge in [0.1, 0.15) is 5.75 Å². The molecule has 108 valence electrons. The van der Waals surface area contributed by atoms with Gasteiger partial charge in [0, 0.05) is 11.3 Å². The van der Waals surface area contributed by atoms with Crippen LogP contribution in [0, 0.1) is 0 Å². The highest BCUT2D eigenvalue weighted by atomic mass is 16.5. The van der Waals surface area contributed by atoms with Crippen molar-refractivity contribution in [2.45, 2.75) is 39.2 Å². The van der Waals surface area contributed by atoms with Crippen LogP contribution in [0.25, 0.3) is 11.4 Å². The van der Waals surface area contributed by atoms with Gasteiger partial charge in [-0.25, -0.2) is 4.68 Å². The molecule has 0 aliphatic carbocycles. The number of rotatable bonds is 5. The van der Waals surface area contributed by atoms with Crippen LogP contribution in [-0.4, -0.2) is 27.3 Å². The second-order valence-corrected chi connectivity index (χ2v) is 5.43. The van der Waals surface area contributed by atoms with Crippen LogP contribution in [0.15, 0.2) is 18.2 Å². The molecule has 6 heteroatoms. The van der Waals surface area contributed by atoms with Crippen LogP contribution in [0.3, 0.4) is 0 Å². The molecular formula is C14H21N5O. The van der Waals surface area contributed by atoms with Gasteiger partial charge < -0.3 is 10.5 Å². The predicted molar refractivity (Wildman–Crippen MR) is 78.4 cm³/mol. The number of nitrogens with zero attached hydrogens (tertiary/aromatic N) is 4. The van der Waals surface area contributed by atoms with Crippen LogP contribution >= 0.6 is 0 Å². The molecule has 2 rings (SSSR count). The highest BCUT2D eigenvalue weighted by Crippen LogP contribution is 2.31. The SMILES string of the molecule is CCCC(C)(C)n1nnnc1-c1cc(OC)ccc1N. The second kappa shape index (κ2) is 5.48. The van der Waals surface area contributed by atoms with Crippen molar-refractivity contribution in [1.29, 1.82) is 0 Å². The molecule has 6 nitrogen and oxygen atoms in total. The minimum Gasteiger partial charge on any atom is -0.497 e. The Bertz CT molecular complexity index is 591. The molecule has 0 radical (unpaired) electrons. The van der Waals surface area contributed by atoms with Gasteiger partial charge in [-0.05, 0) is 48.9 Å². The fourth-order valence-corrected chi connectivity index (χ4v) is 2.34. The van der Waals surface area contributed by atoms with Crippen molar-refractivity contribution in [2.75, 3.05) is 12.8 Å². The first-order chi connectivity index (χ1) is 9.49. The third-order valence-electron chi connectivity index (χ3n) is 3.41. The molecular weight excluding hydrogens is 254 g/mol. The first-order valence-electron chi connectivity index (χ1n) is 6.72. The van der Waals surface area contributed by atoms with Gasteiger partial charge >= 0.3 is 0 Å². The third kappa shape index (κ3) is 2.59. The standard InChI is InChI=1S/C14H21N5O/c1-5-8-14(2,3)19-13(16-17-18-19)11-9-10(20-4)6-7-12(11)15/h6-7,9H,5,8,15H2,1-4H3. The average molecular weight is 275 g/mol. The van der Waals surface area contributed by atoms with Gasteiger partial charge in [0.2, 0.25) is 0 Å². The van der Waals surface area contributed by atoms with E-state index in [1.165, 1.54) is 0 Å². The number of nitrogen functional groups attached to an aromatic ring is 1. The molecule has 1 heterocycles. The minimum atomic E-state index is -0.164. The Kier molecular flexibility index (Phi) is 3.92. The quantitative estimate of drug-likeness (QED) is 0.848. The first kappa shape index (κ1) is 14.3. The van der Waals surface area contributed by atoms with Gasteiger partial charge in [0.15, 0.2) is 5.82 Å². The summed E-state index contributed by atoms with van der Waals surface area (Å²) in [6, 6.07) is 5.49. The maximum Gasteiger partial charge on any atom is 0.184 e. The molecule has 0 spiro atoms. The van der Waals surface area contributed by atoms with Gasteiger partial charge in [-0.15, -0.1) is 5.10 Å². The minimum absolute atomic E-state index is 0.164. The van der Waals surface area contributed by atoms with E-state index in [4.69, 9.17) is 10.5 Å². The van der Waals surface area contributed by atoms with E-state index in [0.29, 0.717) is 11.5 Å². The van der Waals surface area contributed by atoms with Crippen LogP contribution < -0.4 is 10.5 Å². The number of hydrogen-bond donors (Lipinski definition) is 1. The number of anilines is 1. The summed E-state index contributed by atoms with van der Waals surface area (Å²) in [5.74, 6) is 1.40. The third-order valence-corrected chi connectivity index (χ3v) is 3.41. The zero-order valence-corrected chi connectivity index (χ0v) is 12.4. The topological polar surface area (TPSA) is 78.8 Å². The maximum atomic E-state index is 6.06. The lowest BCUT2D eigenvalue weighted by atomic mass is 9.98. The summed E-state index contributed by atoms with van der Waals surface area (Å²) in [6.45, 7) is 6.38. The van der Waals surface area contributed by atoms with E-state index in [1.807, 2.05) is 16.8 Å². The largest absolute Gasteiger partial charge is 0.497 e. The summed E-state index contributed by atoms with van der Waals surface area (Å²) in [5.41, 5.74) is 7.32. The van der Waals surface area contributed by atoms with Crippen molar-refractivity contribution < 1.29 is 4.74 Å². The lowest BCUT2D eigenvalue weighted by molar-refractivity contribution is 0.290. The lowest BCUT2D eigenvalue weighted by Gasteiger charge is -2.25. The van der Waals surface area contributed by atoms with Crippen molar-refractivity contribution in [3.8, 4) is 17.1 Å². The van der Waals surface area contributed by atoms with E-state index in [2.05, 4.69) is 36.3 Å². The molecule has 0 aliphatic heterocycles. The Balaban J connectivity index is 2.52. The van der Waals surface area contributed by atoms with E-state index in [1.54, 1.807) is 13.2 Å². The van der Waals surface area contributed by atoms with E-state index in [-0.39, 0.29) is 5.54 Å². The molecule has 0 saturated heterocycles. The molecule has 0 unspecified atom stereocenters. The predicted octanol–water partition coefficient (Wildman–Crippen LogP) is 2.47. The summed E-state index contributed by atoms with van der Waals surface area (Å²) >= 11 is 0.